The third-order valence-corrected chi connectivity index (χ3v) is 3.86. The zero-order valence-corrected chi connectivity index (χ0v) is 13.2. The second-order valence-corrected chi connectivity index (χ2v) is 5.67. The number of guanidine groups is 1. The minimum absolute atomic E-state index is 0.0168. The maximum Gasteiger partial charge on any atom is 0.193 e. The molecule has 0 saturated carbocycles. The second-order valence-electron chi connectivity index (χ2n) is 5.67. The first kappa shape index (κ1) is 16.2. The number of benzene rings is 1. The van der Waals surface area contributed by atoms with E-state index in [9.17, 15) is 8.78 Å². The maximum absolute atomic E-state index is 13.5. The van der Waals surface area contributed by atoms with Gasteiger partial charge in [-0.05, 0) is 36.6 Å². The maximum atomic E-state index is 13.5. The van der Waals surface area contributed by atoms with E-state index >= 15 is 0 Å². The SMILES string of the molecule is NC(=NCc1ccc(N2CCCC2)nc1)Nc1cc(F)ccc1F. The predicted molar refractivity (Wildman–Crippen MR) is 91.0 cm³/mol. The van der Waals surface area contributed by atoms with Gasteiger partial charge in [-0.1, -0.05) is 6.07 Å². The zero-order valence-electron chi connectivity index (χ0n) is 13.2. The molecule has 1 fully saturated rings. The first-order valence-corrected chi connectivity index (χ1v) is 7.84. The summed E-state index contributed by atoms with van der Waals surface area (Å²) >= 11 is 0. The lowest BCUT2D eigenvalue weighted by Gasteiger charge is -2.16. The summed E-state index contributed by atoms with van der Waals surface area (Å²) in [5.74, 6) is -0.157. The summed E-state index contributed by atoms with van der Waals surface area (Å²) in [7, 11) is 0. The van der Waals surface area contributed by atoms with E-state index in [0.717, 1.165) is 42.7 Å². The summed E-state index contributed by atoms with van der Waals surface area (Å²) < 4.78 is 26.6. The van der Waals surface area contributed by atoms with Crippen LogP contribution in [0.3, 0.4) is 0 Å². The van der Waals surface area contributed by atoms with E-state index in [-0.39, 0.29) is 11.6 Å². The number of nitrogens with zero attached hydrogens (tertiary/aromatic N) is 3. The van der Waals surface area contributed by atoms with Crippen molar-refractivity contribution >= 4 is 17.5 Å². The van der Waals surface area contributed by atoms with Crippen LogP contribution >= 0.6 is 0 Å². The number of anilines is 2. The normalized spacial score (nSPS) is 14.9. The van der Waals surface area contributed by atoms with Crippen LogP contribution in [0.2, 0.25) is 0 Å². The third-order valence-electron chi connectivity index (χ3n) is 3.86. The Kier molecular flexibility index (Phi) is 4.88. The van der Waals surface area contributed by atoms with Gasteiger partial charge in [-0.15, -0.1) is 0 Å². The lowest BCUT2D eigenvalue weighted by atomic mass is 10.3. The summed E-state index contributed by atoms with van der Waals surface area (Å²) in [6.07, 6.45) is 4.16. The molecule has 2 aromatic rings. The third kappa shape index (κ3) is 3.98. The van der Waals surface area contributed by atoms with Crippen molar-refractivity contribution in [3.8, 4) is 0 Å². The monoisotopic (exact) mass is 331 g/mol. The van der Waals surface area contributed by atoms with E-state index in [4.69, 9.17) is 5.73 Å². The molecule has 0 spiro atoms. The lowest BCUT2D eigenvalue weighted by Crippen LogP contribution is -2.23. The Morgan fingerprint density at radius 3 is 2.71 bits per heavy atom. The van der Waals surface area contributed by atoms with Crippen LogP contribution in [-0.4, -0.2) is 24.0 Å². The fraction of sp³-hybridized carbons (Fsp3) is 0.294. The van der Waals surface area contributed by atoms with Crippen LogP contribution in [-0.2, 0) is 6.54 Å². The number of nitrogens with two attached hydrogens (primary N) is 1. The van der Waals surface area contributed by atoms with Crippen molar-refractivity contribution in [3.63, 3.8) is 0 Å². The molecule has 0 unspecified atom stereocenters. The highest BCUT2D eigenvalue weighted by molar-refractivity contribution is 5.92. The summed E-state index contributed by atoms with van der Waals surface area (Å²) in [6.45, 7) is 2.39. The Hall–Kier alpha value is -2.70. The number of aromatic nitrogens is 1. The van der Waals surface area contributed by atoms with Crippen molar-refractivity contribution < 1.29 is 8.78 Å². The summed E-state index contributed by atoms with van der Waals surface area (Å²) in [5.41, 5.74) is 6.57. The predicted octanol–water partition coefficient (Wildman–Crippen LogP) is 2.89. The molecular formula is C17H19F2N5. The number of halogens is 2. The van der Waals surface area contributed by atoms with Crippen molar-refractivity contribution in [2.75, 3.05) is 23.3 Å². The number of nitrogens with one attached hydrogen (secondary N) is 1. The smallest absolute Gasteiger partial charge is 0.193 e. The van der Waals surface area contributed by atoms with E-state index in [2.05, 4.69) is 20.2 Å². The lowest BCUT2D eigenvalue weighted by molar-refractivity contribution is 0.604. The van der Waals surface area contributed by atoms with Gasteiger partial charge in [0.1, 0.15) is 17.5 Å². The van der Waals surface area contributed by atoms with E-state index in [1.54, 1.807) is 6.20 Å². The van der Waals surface area contributed by atoms with Crippen molar-refractivity contribution in [3.05, 3.63) is 53.7 Å². The number of aliphatic imine (C=N–C) groups is 1. The first-order valence-electron chi connectivity index (χ1n) is 7.84. The highest BCUT2D eigenvalue weighted by atomic mass is 19.1. The van der Waals surface area contributed by atoms with Gasteiger partial charge in [0.2, 0.25) is 0 Å². The highest BCUT2D eigenvalue weighted by Gasteiger charge is 2.12. The summed E-state index contributed by atoms with van der Waals surface area (Å²) in [4.78, 5) is 10.8. The molecule has 0 bridgehead atoms. The van der Waals surface area contributed by atoms with Crippen LogP contribution in [0.4, 0.5) is 20.3 Å². The van der Waals surface area contributed by atoms with Gasteiger partial charge in [0.25, 0.3) is 0 Å². The van der Waals surface area contributed by atoms with Crippen molar-refractivity contribution in [2.24, 2.45) is 10.7 Å². The van der Waals surface area contributed by atoms with Gasteiger partial charge in [0, 0.05) is 25.4 Å². The Bertz CT molecular complexity index is 724. The molecule has 2 heterocycles. The minimum atomic E-state index is -0.591. The quantitative estimate of drug-likeness (QED) is 0.668. The van der Waals surface area contributed by atoms with E-state index in [0.29, 0.717) is 6.54 Å². The highest BCUT2D eigenvalue weighted by Crippen LogP contribution is 2.18. The molecule has 1 aromatic heterocycles. The molecule has 1 aliphatic heterocycles. The molecule has 7 heteroatoms. The van der Waals surface area contributed by atoms with E-state index < -0.39 is 11.6 Å². The minimum Gasteiger partial charge on any atom is -0.370 e. The van der Waals surface area contributed by atoms with E-state index in [1.165, 1.54) is 12.8 Å². The molecule has 1 saturated heterocycles. The molecule has 0 radical (unpaired) electrons. The Labute approximate surface area is 139 Å². The van der Waals surface area contributed by atoms with E-state index in [1.807, 2.05) is 12.1 Å². The van der Waals surface area contributed by atoms with Crippen LogP contribution < -0.4 is 16.0 Å². The van der Waals surface area contributed by atoms with Gasteiger partial charge in [-0.2, -0.15) is 0 Å². The van der Waals surface area contributed by atoms with Crippen LogP contribution in [0.1, 0.15) is 18.4 Å². The molecule has 0 aliphatic carbocycles. The number of pyridine rings is 1. The number of hydrogen-bond acceptors (Lipinski definition) is 3. The zero-order chi connectivity index (χ0) is 16.9. The average Bonchev–Trinajstić information content (AvgIpc) is 3.11. The Morgan fingerprint density at radius 1 is 1.21 bits per heavy atom. The molecule has 3 N–H and O–H groups in total. The molecule has 0 atom stereocenters. The van der Waals surface area contributed by atoms with Crippen LogP contribution in [0, 0.1) is 11.6 Å². The fourth-order valence-corrected chi connectivity index (χ4v) is 2.59. The molecular weight excluding hydrogens is 312 g/mol. The Morgan fingerprint density at radius 2 is 2.00 bits per heavy atom. The molecule has 126 valence electrons. The van der Waals surface area contributed by atoms with Crippen LogP contribution in [0.15, 0.2) is 41.5 Å². The molecule has 5 nitrogen and oxygen atoms in total. The first-order chi connectivity index (χ1) is 11.6. The molecule has 0 amide bonds. The van der Waals surface area contributed by atoms with Crippen molar-refractivity contribution in [2.45, 2.75) is 19.4 Å². The van der Waals surface area contributed by atoms with Gasteiger partial charge in [-0.25, -0.2) is 18.8 Å². The molecule has 3 rings (SSSR count). The average molecular weight is 331 g/mol. The van der Waals surface area contributed by atoms with Crippen molar-refractivity contribution in [1.82, 2.24) is 4.98 Å². The number of rotatable bonds is 4. The van der Waals surface area contributed by atoms with Gasteiger partial charge >= 0.3 is 0 Å². The molecule has 1 aromatic carbocycles. The molecule has 1 aliphatic rings. The summed E-state index contributed by atoms with van der Waals surface area (Å²) in [6, 6.07) is 7.02. The Balaban J connectivity index is 1.61. The number of hydrogen-bond donors (Lipinski definition) is 2. The summed E-state index contributed by atoms with van der Waals surface area (Å²) in [5, 5.41) is 2.56. The topological polar surface area (TPSA) is 66.5 Å². The second kappa shape index (κ2) is 7.25. The molecule has 24 heavy (non-hydrogen) atoms. The van der Waals surface area contributed by atoms with Crippen molar-refractivity contribution in [1.29, 1.82) is 0 Å². The van der Waals surface area contributed by atoms with Crippen LogP contribution in [0.5, 0.6) is 0 Å². The van der Waals surface area contributed by atoms with Gasteiger partial charge in [0.05, 0.1) is 12.2 Å². The van der Waals surface area contributed by atoms with Gasteiger partial charge in [0.15, 0.2) is 5.96 Å². The fourth-order valence-electron chi connectivity index (χ4n) is 2.59. The van der Waals surface area contributed by atoms with Gasteiger partial charge in [-0.3, -0.25) is 0 Å². The largest absolute Gasteiger partial charge is 0.370 e. The standard InChI is InChI=1S/C17H19F2N5/c18-13-4-5-14(19)15(9-13)23-17(20)22-11-12-3-6-16(21-10-12)24-7-1-2-8-24/h3-6,9-10H,1-2,7-8,11H2,(H3,20,22,23). The van der Waals surface area contributed by atoms with Gasteiger partial charge < -0.3 is 16.0 Å². The van der Waals surface area contributed by atoms with Crippen LogP contribution in [0.25, 0.3) is 0 Å².